The molecule has 1 fully saturated rings. The molecule has 5 rings (SSSR count). The Balaban J connectivity index is 1.18. The molecule has 0 unspecified atom stereocenters. The lowest BCUT2D eigenvalue weighted by Crippen LogP contribution is -2.48. The largest absolute Gasteiger partial charge is 0.497 e. The number of benzene rings is 3. The Hall–Kier alpha value is -4.18. The Bertz CT molecular complexity index is 1430. The molecule has 1 amide bonds. The van der Waals surface area contributed by atoms with Crippen LogP contribution in [0, 0.1) is 0 Å². The van der Waals surface area contributed by atoms with E-state index in [1.807, 2.05) is 53.4 Å². The van der Waals surface area contributed by atoms with Crippen LogP contribution in [0.25, 0.3) is 22.8 Å². The molecule has 4 aromatic rings. The third kappa shape index (κ3) is 6.46. The standard InChI is InChI=1S/C29H27F3N4O3/c1-38-25-10-8-20(9-11-25)17-26(37)36-14-12-35(13-15-36)19-21-4-2-5-22(16-21)27-33-28(39-34-27)23-6-3-7-24(18-23)29(30,31)32/h2-11,16,18H,12-15,17,19H2,1H3. The zero-order chi connectivity index (χ0) is 27.4. The van der Waals surface area contributed by atoms with Gasteiger partial charge in [0.15, 0.2) is 0 Å². The Morgan fingerprint density at radius 2 is 1.64 bits per heavy atom. The zero-order valence-electron chi connectivity index (χ0n) is 21.3. The lowest BCUT2D eigenvalue weighted by molar-refractivity contribution is -0.137. The number of ether oxygens (including phenoxy) is 1. The summed E-state index contributed by atoms with van der Waals surface area (Å²) in [5.41, 5.74) is 2.14. The van der Waals surface area contributed by atoms with Crippen molar-refractivity contribution in [1.29, 1.82) is 0 Å². The molecule has 2 heterocycles. The van der Waals surface area contributed by atoms with E-state index in [1.165, 1.54) is 12.1 Å². The average molecular weight is 537 g/mol. The zero-order valence-corrected chi connectivity index (χ0v) is 21.3. The van der Waals surface area contributed by atoms with Crippen molar-refractivity contribution in [2.75, 3.05) is 33.3 Å². The highest BCUT2D eigenvalue weighted by Gasteiger charge is 2.31. The van der Waals surface area contributed by atoms with E-state index in [0.717, 1.165) is 42.1 Å². The molecule has 0 N–H and O–H groups in total. The van der Waals surface area contributed by atoms with Gasteiger partial charge in [0.1, 0.15) is 5.75 Å². The third-order valence-corrected chi connectivity index (χ3v) is 6.69. The van der Waals surface area contributed by atoms with Gasteiger partial charge in [-0.15, -0.1) is 0 Å². The second kappa shape index (κ2) is 11.3. The van der Waals surface area contributed by atoms with Gasteiger partial charge >= 0.3 is 6.18 Å². The summed E-state index contributed by atoms with van der Waals surface area (Å²) in [5, 5.41) is 3.98. The number of halogens is 3. The number of rotatable bonds is 7. The van der Waals surface area contributed by atoms with Crippen molar-refractivity contribution in [3.05, 3.63) is 89.5 Å². The molecule has 1 aliphatic rings. The lowest BCUT2D eigenvalue weighted by atomic mass is 10.1. The quantitative estimate of drug-likeness (QED) is 0.319. The van der Waals surface area contributed by atoms with Crippen molar-refractivity contribution in [2.45, 2.75) is 19.1 Å². The predicted molar refractivity (Wildman–Crippen MR) is 139 cm³/mol. The molecule has 39 heavy (non-hydrogen) atoms. The molecule has 0 spiro atoms. The van der Waals surface area contributed by atoms with Gasteiger partial charge in [-0.2, -0.15) is 18.2 Å². The van der Waals surface area contributed by atoms with Gasteiger partial charge < -0.3 is 14.2 Å². The van der Waals surface area contributed by atoms with E-state index in [4.69, 9.17) is 9.26 Å². The first-order valence-electron chi connectivity index (χ1n) is 12.5. The van der Waals surface area contributed by atoms with Gasteiger partial charge in [-0.25, -0.2) is 0 Å². The number of hydrogen-bond donors (Lipinski definition) is 0. The van der Waals surface area contributed by atoms with E-state index in [-0.39, 0.29) is 17.4 Å². The number of nitrogens with zero attached hydrogens (tertiary/aromatic N) is 4. The summed E-state index contributed by atoms with van der Waals surface area (Å²) in [6.07, 6.45) is -4.10. The Morgan fingerprint density at radius 3 is 2.36 bits per heavy atom. The summed E-state index contributed by atoms with van der Waals surface area (Å²) in [7, 11) is 1.61. The molecule has 7 nitrogen and oxygen atoms in total. The fraction of sp³-hybridized carbons (Fsp3) is 0.276. The number of amides is 1. The highest BCUT2D eigenvalue weighted by atomic mass is 19.4. The third-order valence-electron chi connectivity index (χ3n) is 6.69. The topological polar surface area (TPSA) is 71.7 Å². The molecular formula is C29H27F3N4O3. The van der Waals surface area contributed by atoms with E-state index in [2.05, 4.69) is 15.0 Å². The number of carbonyl (C=O) groups excluding carboxylic acids is 1. The number of piperazine rings is 1. The van der Waals surface area contributed by atoms with Crippen molar-refractivity contribution in [3.63, 3.8) is 0 Å². The monoisotopic (exact) mass is 536 g/mol. The molecular weight excluding hydrogens is 509 g/mol. The van der Waals surface area contributed by atoms with Crippen LogP contribution in [0.15, 0.2) is 77.3 Å². The molecule has 0 atom stereocenters. The minimum absolute atomic E-state index is 0.0249. The Labute approximate surface area is 223 Å². The lowest BCUT2D eigenvalue weighted by Gasteiger charge is -2.35. The molecule has 10 heteroatoms. The number of methoxy groups -OCH3 is 1. The number of carbonyl (C=O) groups is 1. The van der Waals surface area contributed by atoms with Crippen molar-refractivity contribution in [1.82, 2.24) is 19.9 Å². The van der Waals surface area contributed by atoms with E-state index in [0.29, 0.717) is 37.4 Å². The first kappa shape index (κ1) is 26.4. The summed E-state index contributed by atoms with van der Waals surface area (Å²) in [4.78, 5) is 21.3. The molecule has 0 bridgehead atoms. The van der Waals surface area contributed by atoms with E-state index < -0.39 is 11.7 Å². The smallest absolute Gasteiger partial charge is 0.416 e. The second-order valence-electron chi connectivity index (χ2n) is 9.38. The maximum atomic E-state index is 13.1. The molecule has 3 aromatic carbocycles. The predicted octanol–water partition coefficient (Wildman–Crippen LogP) is 5.32. The minimum atomic E-state index is -4.46. The van der Waals surface area contributed by atoms with Crippen LogP contribution in [0.3, 0.4) is 0 Å². The summed E-state index contributed by atoms with van der Waals surface area (Å²) in [6, 6.07) is 20.0. The number of aromatic nitrogens is 2. The van der Waals surface area contributed by atoms with Crippen molar-refractivity contribution in [3.8, 4) is 28.6 Å². The van der Waals surface area contributed by atoms with Gasteiger partial charge in [0.25, 0.3) is 5.89 Å². The SMILES string of the molecule is COc1ccc(CC(=O)N2CCN(Cc3cccc(-c4noc(-c5cccc(C(F)(F)F)c5)n4)c3)CC2)cc1. The van der Waals surface area contributed by atoms with Crippen LogP contribution in [0.2, 0.25) is 0 Å². The van der Waals surface area contributed by atoms with Crippen LogP contribution >= 0.6 is 0 Å². The van der Waals surface area contributed by atoms with E-state index >= 15 is 0 Å². The maximum Gasteiger partial charge on any atom is 0.416 e. The summed E-state index contributed by atoms with van der Waals surface area (Å²) in [6.45, 7) is 3.49. The first-order valence-corrected chi connectivity index (χ1v) is 12.5. The highest BCUT2D eigenvalue weighted by molar-refractivity contribution is 5.79. The summed E-state index contributed by atoms with van der Waals surface area (Å²) < 4.78 is 49.6. The van der Waals surface area contributed by atoms with Crippen LogP contribution in [-0.4, -0.2) is 59.1 Å². The number of hydrogen-bond acceptors (Lipinski definition) is 6. The normalized spacial score (nSPS) is 14.4. The molecule has 0 aliphatic carbocycles. The van der Waals surface area contributed by atoms with Crippen LogP contribution in [0.1, 0.15) is 16.7 Å². The van der Waals surface area contributed by atoms with Gasteiger partial charge in [0.05, 0.1) is 19.1 Å². The molecule has 1 saturated heterocycles. The van der Waals surface area contributed by atoms with Gasteiger partial charge in [-0.05, 0) is 47.5 Å². The maximum absolute atomic E-state index is 13.1. The number of alkyl halides is 3. The van der Waals surface area contributed by atoms with Gasteiger partial charge in [-0.1, -0.05) is 41.6 Å². The van der Waals surface area contributed by atoms with E-state index in [1.54, 1.807) is 7.11 Å². The second-order valence-corrected chi connectivity index (χ2v) is 9.38. The van der Waals surface area contributed by atoms with Crippen molar-refractivity contribution in [2.24, 2.45) is 0 Å². The summed E-state index contributed by atoms with van der Waals surface area (Å²) >= 11 is 0. The van der Waals surface area contributed by atoms with Gasteiger partial charge in [-0.3, -0.25) is 9.69 Å². The fourth-order valence-corrected chi connectivity index (χ4v) is 4.54. The van der Waals surface area contributed by atoms with Crippen LogP contribution < -0.4 is 4.74 Å². The van der Waals surface area contributed by atoms with E-state index in [9.17, 15) is 18.0 Å². The molecule has 0 saturated carbocycles. The Morgan fingerprint density at radius 1 is 0.923 bits per heavy atom. The molecule has 1 aromatic heterocycles. The highest BCUT2D eigenvalue weighted by Crippen LogP contribution is 2.32. The van der Waals surface area contributed by atoms with Crippen LogP contribution in [0.4, 0.5) is 13.2 Å². The van der Waals surface area contributed by atoms with Gasteiger partial charge in [0.2, 0.25) is 11.7 Å². The minimum Gasteiger partial charge on any atom is -0.497 e. The molecule has 202 valence electrons. The summed E-state index contributed by atoms with van der Waals surface area (Å²) in [5.74, 6) is 1.20. The molecule has 0 radical (unpaired) electrons. The van der Waals surface area contributed by atoms with Crippen LogP contribution in [-0.2, 0) is 23.9 Å². The van der Waals surface area contributed by atoms with Crippen molar-refractivity contribution >= 4 is 5.91 Å². The van der Waals surface area contributed by atoms with Gasteiger partial charge in [0, 0.05) is 43.9 Å². The Kier molecular flexibility index (Phi) is 7.65. The first-order chi connectivity index (χ1) is 18.8. The van der Waals surface area contributed by atoms with Crippen LogP contribution in [0.5, 0.6) is 5.75 Å². The average Bonchev–Trinajstić information content (AvgIpc) is 3.44. The molecule has 1 aliphatic heterocycles. The van der Waals surface area contributed by atoms with Crippen molar-refractivity contribution < 1.29 is 27.2 Å². The fourth-order valence-electron chi connectivity index (χ4n) is 4.54.